The number of benzene rings is 3. The number of aromatic nitrogens is 1. The number of hydrogen-bond acceptors (Lipinski definition) is 4. The van der Waals surface area contributed by atoms with E-state index in [4.69, 9.17) is 0 Å². The highest BCUT2D eigenvalue weighted by molar-refractivity contribution is 6.21. The first-order valence-corrected chi connectivity index (χ1v) is 13.6. The van der Waals surface area contributed by atoms with Crippen LogP contribution in [0.25, 0.3) is 10.9 Å². The van der Waals surface area contributed by atoms with Crippen LogP contribution in [-0.4, -0.2) is 63.6 Å². The van der Waals surface area contributed by atoms with Gasteiger partial charge in [-0.15, -0.1) is 0 Å². The zero-order valence-corrected chi connectivity index (χ0v) is 21.9. The van der Waals surface area contributed by atoms with Crippen molar-refractivity contribution in [2.75, 3.05) is 26.2 Å². The minimum atomic E-state index is -0.261. The summed E-state index contributed by atoms with van der Waals surface area (Å²) >= 11 is 0. The highest BCUT2D eigenvalue weighted by Crippen LogP contribution is 2.34. The molecule has 196 valence electrons. The molecule has 1 aromatic heterocycles. The number of rotatable bonds is 4. The van der Waals surface area contributed by atoms with E-state index in [2.05, 4.69) is 47.1 Å². The lowest BCUT2D eigenvalue weighted by molar-refractivity contribution is -0.134. The molecule has 0 saturated carbocycles. The molecule has 7 nitrogen and oxygen atoms in total. The van der Waals surface area contributed by atoms with E-state index in [0.717, 1.165) is 23.9 Å². The van der Waals surface area contributed by atoms with E-state index in [-0.39, 0.29) is 36.9 Å². The van der Waals surface area contributed by atoms with Crippen LogP contribution in [0.4, 0.5) is 0 Å². The van der Waals surface area contributed by atoms with Crippen molar-refractivity contribution in [3.63, 3.8) is 0 Å². The van der Waals surface area contributed by atoms with Gasteiger partial charge in [0.15, 0.2) is 0 Å². The molecule has 3 aliphatic rings. The summed E-state index contributed by atoms with van der Waals surface area (Å²) in [6.07, 6.45) is 1.63. The monoisotopic (exact) mass is 518 g/mol. The lowest BCUT2D eigenvalue weighted by Crippen LogP contribution is -2.49. The largest absolute Gasteiger partial charge is 0.358 e. The lowest BCUT2D eigenvalue weighted by Gasteiger charge is -2.39. The summed E-state index contributed by atoms with van der Waals surface area (Å²) < 4.78 is 0. The minimum absolute atomic E-state index is 0.0781. The molecule has 7 rings (SSSR count). The fraction of sp³-hybridized carbons (Fsp3) is 0.281. The predicted octanol–water partition coefficient (Wildman–Crippen LogP) is 4.26. The van der Waals surface area contributed by atoms with Crippen molar-refractivity contribution in [1.82, 2.24) is 19.7 Å². The lowest BCUT2D eigenvalue weighted by atomic mass is 9.92. The number of aryl methyl sites for hydroxylation is 1. The van der Waals surface area contributed by atoms with Crippen LogP contribution in [0.1, 0.15) is 54.7 Å². The van der Waals surface area contributed by atoms with Crippen LogP contribution in [0, 0.1) is 6.92 Å². The van der Waals surface area contributed by atoms with Gasteiger partial charge in [-0.3, -0.25) is 24.2 Å². The molecule has 0 saturated heterocycles. The highest BCUT2D eigenvalue weighted by atomic mass is 16.2. The summed E-state index contributed by atoms with van der Waals surface area (Å²) in [5.74, 6) is -0.444. The summed E-state index contributed by atoms with van der Waals surface area (Å²) in [6.45, 7) is 4.52. The molecule has 0 radical (unpaired) electrons. The van der Waals surface area contributed by atoms with Gasteiger partial charge in [-0.2, -0.15) is 0 Å². The first-order chi connectivity index (χ1) is 19.0. The summed E-state index contributed by atoms with van der Waals surface area (Å²) in [7, 11) is 0. The van der Waals surface area contributed by atoms with Gasteiger partial charge in [-0.25, -0.2) is 0 Å². The Morgan fingerprint density at radius 1 is 0.923 bits per heavy atom. The highest BCUT2D eigenvalue weighted by Gasteiger charge is 2.40. The normalized spacial score (nSPS) is 18.8. The SMILES string of the molecule is Cc1ccc2[nH]c3c(c2c1)CN(C(=O)CN1CCc2ccccc2C1CN1C(=O)c2ccccc2C1=O)CC3. The van der Waals surface area contributed by atoms with Crippen molar-refractivity contribution in [1.29, 1.82) is 0 Å². The van der Waals surface area contributed by atoms with Gasteiger partial charge in [0.25, 0.3) is 11.8 Å². The Morgan fingerprint density at radius 3 is 2.46 bits per heavy atom. The van der Waals surface area contributed by atoms with E-state index >= 15 is 0 Å². The Bertz CT molecular complexity index is 1620. The topological polar surface area (TPSA) is 76.7 Å². The fourth-order valence-corrected chi connectivity index (χ4v) is 6.50. The van der Waals surface area contributed by atoms with Gasteiger partial charge in [-0.1, -0.05) is 48.0 Å². The Hall–Kier alpha value is -4.23. The van der Waals surface area contributed by atoms with E-state index in [9.17, 15) is 14.4 Å². The maximum atomic E-state index is 13.7. The number of imide groups is 1. The molecule has 3 aliphatic heterocycles. The number of hydrogen-bond donors (Lipinski definition) is 1. The van der Waals surface area contributed by atoms with E-state index in [1.165, 1.54) is 32.7 Å². The Kier molecular flexibility index (Phi) is 5.63. The van der Waals surface area contributed by atoms with E-state index in [0.29, 0.717) is 30.8 Å². The van der Waals surface area contributed by atoms with Gasteiger partial charge in [0.2, 0.25) is 5.91 Å². The van der Waals surface area contributed by atoms with Crippen molar-refractivity contribution in [2.45, 2.75) is 32.4 Å². The average Bonchev–Trinajstić information content (AvgIpc) is 3.43. The molecule has 0 aliphatic carbocycles. The molecule has 1 N–H and O–H groups in total. The first kappa shape index (κ1) is 23.9. The van der Waals surface area contributed by atoms with E-state index < -0.39 is 0 Å². The number of carbonyl (C=O) groups excluding carboxylic acids is 3. The van der Waals surface area contributed by atoms with Crippen molar-refractivity contribution < 1.29 is 14.4 Å². The van der Waals surface area contributed by atoms with Crippen LogP contribution in [0.3, 0.4) is 0 Å². The standard InChI is InChI=1S/C32H30N4O3/c1-20-10-11-27-25(16-20)26-17-35(15-13-28(26)33-27)30(37)19-34-14-12-21-6-2-3-7-22(21)29(34)18-36-31(38)23-8-4-5-9-24(23)32(36)39/h2-11,16,29,33H,12-15,17-19H2,1H3. The van der Waals surface area contributed by atoms with Gasteiger partial charge in [0.05, 0.1) is 23.7 Å². The number of nitrogens with zero attached hydrogens (tertiary/aromatic N) is 3. The molecular weight excluding hydrogens is 488 g/mol. The molecular formula is C32H30N4O3. The predicted molar refractivity (Wildman–Crippen MR) is 148 cm³/mol. The molecule has 1 atom stereocenters. The van der Waals surface area contributed by atoms with Gasteiger partial charge < -0.3 is 9.88 Å². The number of fused-ring (bicyclic) bond motifs is 5. The summed E-state index contributed by atoms with van der Waals surface area (Å²) in [4.78, 5) is 49.1. The summed E-state index contributed by atoms with van der Waals surface area (Å²) in [6, 6.07) is 21.4. The number of H-pyrrole nitrogens is 1. The maximum absolute atomic E-state index is 13.7. The van der Waals surface area contributed by atoms with Crippen molar-refractivity contribution >= 4 is 28.6 Å². The molecule has 0 spiro atoms. The second kappa shape index (κ2) is 9.20. The quantitative estimate of drug-likeness (QED) is 0.410. The van der Waals surface area contributed by atoms with Crippen LogP contribution >= 0.6 is 0 Å². The number of aromatic amines is 1. The number of amides is 3. The molecule has 4 aromatic rings. The van der Waals surface area contributed by atoms with Gasteiger partial charge >= 0.3 is 0 Å². The number of carbonyl (C=O) groups is 3. The Morgan fingerprint density at radius 2 is 1.67 bits per heavy atom. The van der Waals surface area contributed by atoms with Crippen LogP contribution < -0.4 is 0 Å². The molecule has 3 amide bonds. The minimum Gasteiger partial charge on any atom is -0.358 e. The maximum Gasteiger partial charge on any atom is 0.261 e. The van der Waals surface area contributed by atoms with Crippen molar-refractivity contribution in [3.8, 4) is 0 Å². The molecule has 7 heteroatoms. The third-order valence-electron chi connectivity index (χ3n) is 8.58. The molecule has 39 heavy (non-hydrogen) atoms. The molecule has 4 heterocycles. The fourth-order valence-electron chi connectivity index (χ4n) is 6.50. The second-order valence-corrected chi connectivity index (χ2v) is 10.9. The zero-order chi connectivity index (χ0) is 26.7. The number of nitrogens with one attached hydrogen (secondary N) is 1. The molecule has 1 unspecified atom stereocenters. The van der Waals surface area contributed by atoms with Crippen LogP contribution in [0.15, 0.2) is 66.7 Å². The first-order valence-electron chi connectivity index (χ1n) is 13.6. The van der Waals surface area contributed by atoms with Gasteiger partial charge in [-0.05, 0) is 48.7 Å². The smallest absolute Gasteiger partial charge is 0.261 e. The van der Waals surface area contributed by atoms with Gasteiger partial charge in [0, 0.05) is 54.8 Å². The second-order valence-electron chi connectivity index (χ2n) is 10.9. The van der Waals surface area contributed by atoms with E-state index in [1.807, 2.05) is 17.0 Å². The van der Waals surface area contributed by atoms with Crippen LogP contribution in [0.5, 0.6) is 0 Å². The van der Waals surface area contributed by atoms with Crippen LogP contribution in [0.2, 0.25) is 0 Å². The molecule has 3 aromatic carbocycles. The summed E-state index contributed by atoms with van der Waals surface area (Å²) in [5, 5.41) is 1.19. The third kappa shape index (κ3) is 3.96. The Balaban J connectivity index is 1.14. The zero-order valence-electron chi connectivity index (χ0n) is 21.9. The van der Waals surface area contributed by atoms with Crippen molar-refractivity contribution in [2.24, 2.45) is 0 Å². The average molecular weight is 519 g/mol. The molecule has 0 fully saturated rings. The third-order valence-corrected chi connectivity index (χ3v) is 8.58. The molecule has 0 bridgehead atoms. The Labute approximate surface area is 227 Å². The van der Waals surface area contributed by atoms with Crippen LogP contribution in [-0.2, 0) is 24.2 Å². The van der Waals surface area contributed by atoms with Crippen molar-refractivity contribution in [3.05, 3.63) is 106 Å². The summed E-state index contributed by atoms with van der Waals surface area (Å²) in [5.41, 5.74) is 7.94. The van der Waals surface area contributed by atoms with Gasteiger partial charge in [0.1, 0.15) is 0 Å². The van der Waals surface area contributed by atoms with E-state index in [1.54, 1.807) is 24.3 Å².